The normalized spacial score (nSPS) is 11.5. The van der Waals surface area contributed by atoms with Gasteiger partial charge in [0.1, 0.15) is 11.6 Å². The molecular weight excluding hydrogens is 194 g/mol. The van der Waals surface area contributed by atoms with Crippen molar-refractivity contribution in [1.29, 1.82) is 0 Å². The van der Waals surface area contributed by atoms with Crippen LogP contribution >= 0.6 is 0 Å². The van der Waals surface area contributed by atoms with Gasteiger partial charge in [-0.15, -0.1) is 0 Å². The molecule has 0 aliphatic carbocycles. The van der Waals surface area contributed by atoms with Gasteiger partial charge < -0.3 is 15.4 Å². The van der Waals surface area contributed by atoms with Crippen LogP contribution in [0.15, 0.2) is 10.9 Å². The molecule has 84 valence electrons. The van der Waals surface area contributed by atoms with E-state index >= 15 is 0 Å². The van der Waals surface area contributed by atoms with Gasteiger partial charge >= 0.3 is 0 Å². The van der Waals surface area contributed by atoms with Crippen LogP contribution in [-0.2, 0) is 0 Å². The molecule has 0 atom stereocenters. The molecule has 1 rings (SSSR count). The monoisotopic (exact) mass is 211 g/mol. The molecule has 0 unspecified atom stereocenters. The second kappa shape index (κ2) is 4.44. The highest BCUT2D eigenvalue weighted by molar-refractivity contribution is 5.33. The third kappa shape index (κ3) is 3.71. The molecule has 0 spiro atoms. The molecule has 15 heavy (non-hydrogen) atoms. The predicted molar refractivity (Wildman–Crippen MR) is 59.0 cm³/mol. The lowest BCUT2D eigenvalue weighted by Crippen LogP contribution is -2.27. The Hall–Kier alpha value is -1.36. The van der Waals surface area contributed by atoms with Crippen molar-refractivity contribution in [2.45, 2.75) is 20.8 Å². The summed E-state index contributed by atoms with van der Waals surface area (Å²) in [6.45, 7) is 6.24. The quantitative estimate of drug-likeness (QED) is 0.678. The summed E-state index contributed by atoms with van der Waals surface area (Å²) in [5, 5.41) is 12.1. The molecule has 0 saturated heterocycles. The molecule has 0 aromatic carbocycles. The standard InChI is InChI=1S/C10H17N3O2/c1-7-12-8(4-9(15)13-7)11-5-10(2,3)6-14/h4,14H,5-6H2,1-3H3,(H2,11,12,13,15). The number of aliphatic hydroxyl groups excluding tert-OH is 1. The van der Waals surface area contributed by atoms with Crippen LogP contribution in [0, 0.1) is 12.3 Å². The topological polar surface area (TPSA) is 78.0 Å². The van der Waals surface area contributed by atoms with Gasteiger partial charge in [0.2, 0.25) is 0 Å². The number of hydrogen-bond acceptors (Lipinski definition) is 4. The van der Waals surface area contributed by atoms with Crippen LogP contribution in [0.25, 0.3) is 0 Å². The first kappa shape index (κ1) is 11.7. The van der Waals surface area contributed by atoms with Gasteiger partial charge in [-0.25, -0.2) is 4.98 Å². The smallest absolute Gasteiger partial charge is 0.252 e. The Balaban J connectivity index is 2.70. The zero-order valence-electron chi connectivity index (χ0n) is 9.29. The van der Waals surface area contributed by atoms with Crippen LogP contribution < -0.4 is 10.9 Å². The van der Waals surface area contributed by atoms with Crippen molar-refractivity contribution in [3.63, 3.8) is 0 Å². The maximum absolute atomic E-state index is 11.1. The Morgan fingerprint density at radius 2 is 2.27 bits per heavy atom. The maximum atomic E-state index is 11.1. The van der Waals surface area contributed by atoms with E-state index in [2.05, 4.69) is 15.3 Å². The minimum Gasteiger partial charge on any atom is -0.396 e. The third-order valence-corrected chi connectivity index (χ3v) is 2.04. The Kier molecular flexibility index (Phi) is 3.47. The Morgan fingerprint density at radius 1 is 1.60 bits per heavy atom. The lowest BCUT2D eigenvalue weighted by Gasteiger charge is -2.22. The maximum Gasteiger partial charge on any atom is 0.252 e. The van der Waals surface area contributed by atoms with Gasteiger partial charge in [-0.3, -0.25) is 4.79 Å². The summed E-state index contributed by atoms with van der Waals surface area (Å²) in [4.78, 5) is 17.8. The van der Waals surface area contributed by atoms with Gasteiger partial charge in [-0.05, 0) is 6.92 Å². The number of nitrogens with one attached hydrogen (secondary N) is 2. The van der Waals surface area contributed by atoms with Gasteiger partial charge in [-0.1, -0.05) is 13.8 Å². The first-order valence-electron chi connectivity index (χ1n) is 4.86. The van der Waals surface area contributed by atoms with Crippen LogP contribution in [0.2, 0.25) is 0 Å². The summed E-state index contributed by atoms with van der Waals surface area (Å²) in [6.07, 6.45) is 0. The van der Waals surface area contributed by atoms with Crippen molar-refractivity contribution in [2.24, 2.45) is 5.41 Å². The van der Waals surface area contributed by atoms with Crippen molar-refractivity contribution in [1.82, 2.24) is 9.97 Å². The lowest BCUT2D eigenvalue weighted by molar-refractivity contribution is 0.170. The molecule has 0 aliphatic rings. The Morgan fingerprint density at radius 3 is 2.80 bits per heavy atom. The molecule has 0 amide bonds. The van der Waals surface area contributed by atoms with E-state index in [1.807, 2.05) is 13.8 Å². The van der Waals surface area contributed by atoms with E-state index in [9.17, 15) is 4.79 Å². The molecule has 0 saturated carbocycles. The Bertz CT molecular complexity index is 384. The predicted octanol–water partition coefficient (Wildman–Crippen LogP) is 0.509. The minimum absolute atomic E-state index is 0.0855. The average molecular weight is 211 g/mol. The number of H-pyrrole nitrogens is 1. The number of hydrogen-bond donors (Lipinski definition) is 3. The van der Waals surface area contributed by atoms with Crippen molar-refractivity contribution in [2.75, 3.05) is 18.5 Å². The summed E-state index contributed by atoms with van der Waals surface area (Å²) < 4.78 is 0. The highest BCUT2D eigenvalue weighted by atomic mass is 16.3. The summed E-state index contributed by atoms with van der Waals surface area (Å²) in [5.41, 5.74) is -0.398. The minimum atomic E-state index is -0.224. The number of rotatable bonds is 4. The van der Waals surface area contributed by atoms with E-state index in [0.717, 1.165) is 0 Å². The molecule has 0 fully saturated rings. The molecule has 3 N–H and O–H groups in total. The zero-order chi connectivity index (χ0) is 11.5. The fourth-order valence-electron chi connectivity index (χ4n) is 1.06. The number of aryl methyl sites for hydroxylation is 1. The third-order valence-electron chi connectivity index (χ3n) is 2.04. The highest BCUT2D eigenvalue weighted by Gasteiger charge is 2.16. The van der Waals surface area contributed by atoms with Crippen molar-refractivity contribution in [3.8, 4) is 0 Å². The van der Waals surface area contributed by atoms with Crippen LogP contribution in [0.4, 0.5) is 5.82 Å². The number of nitrogens with zero attached hydrogens (tertiary/aromatic N) is 1. The second-order valence-electron chi connectivity index (χ2n) is 4.39. The Labute approximate surface area is 88.6 Å². The zero-order valence-corrected chi connectivity index (χ0v) is 9.29. The van der Waals surface area contributed by atoms with E-state index < -0.39 is 0 Å². The first-order valence-corrected chi connectivity index (χ1v) is 4.86. The van der Waals surface area contributed by atoms with E-state index in [4.69, 9.17) is 5.11 Å². The van der Waals surface area contributed by atoms with Crippen LogP contribution in [0.5, 0.6) is 0 Å². The van der Waals surface area contributed by atoms with E-state index in [-0.39, 0.29) is 17.6 Å². The van der Waals surface area contributed by atoms with E-state index in [1.54, 1.807) is 6.92 Å². The first-order chi connectivity index (χ1) is 6.93. The SMILES string of the molecule is Cc1nc(NCC(C)(C)CO)cc(=O)[nH]1. The van der Waals surface area contributed by atoms with Crippen LogP contribution in [-0.4, -0.2) is 28.2 Å². The van der Waals surface area contributed by atoms with E-state index in [1.165, 1.54) is 6.07 Å². The molecule has 1 aromatic heterocycles. The fraction of sp³-hybridized carbons (Fsp3) is 0.600. The molecular formula is C10H17N3O2. The lowest BCUT2D eigenvalue weighted by atomic mass is 9.95. The number of aromatic nitrogens is 2. The fourth-order valence-corrected chi connectivity index (χ4v) is 1.06. The summed E-state index contributed by atoms with van der Waals surface area (Å²) >= 11 is 0. The molecule has 5 nitrogen and oxygen atoms in total. The van der Waals surface area contributed by atoms with Gasteiger partial charge in [-0.2, -0.15) is 0 Å². The molecule has 5 heteroatoms. The molecule has 0 radical (unpaired) electrons. The molecule has 0 aliphatic heterocycles. The number of aliphatic hydroxyl groups is 1. The van der Waals surface area contributed by atoms with Gasteiger partial charge in [0.25, 0.3) is 5.56 Å². The second-order valence-corrected chi connectivity index (χ2v) is 4.39. The van der Waals surface area contributed by atoms with Crippen LogP contribution in [0.1, 0.15) is 19.7 Å². The number of anilines is 1. The van der Waals surface area contributed by atoms with E-state index in [0.29, 0.717) is 18.2 Å². The summed E-state index contributed by atoms with van der Waals surface area (Å²) in [6, 6.07) is 1.40. The van der Waals surface area contributed by atoms with Gasteiger partial charge in [0.05, 0.1) is 0 Å². The summed E-state index contributed by atoms with van der Waals surface area (Å²) in [5.74, 6) is 1.12. The van der Waals surface area contributed by atoms with Gasteiger partial charge in [0.15, 0.2) is 0 Å². The van der Waals surface area contributed by atoms with Crippen molar-refractivity contribution >= 4 is 5.82 Å². The van der Waals surface area contributed by atoms with Crippen molar-refractivity contribution < 1.29 is 5.11 Å². The largest absolute Gasteiger partial charge is 0.396 e. The van der Waals surface area contributed by atoms with Crippen molar-refractivity contribution in [3.05, 3.63) is 22.2 Å². The summed E-state index contributed by atoms with van der Waals surface area (Å²) in [7, 11) is 0. The molecule has 0 bridgehead atoms. The van der Waals surface area contributed by atoms with Crippen LogP contribution in [0.3, 0.4) is 0 Å². The molecule has 1 aromatic rings. The number of aromatic amines is 1. The average Bonchev–Trinajstić information content (AvgIpc) is 2.14. The van der Waals surface area contributed by atoms with Gasteiger partial charge in [0, 0.05) is 24.6 Å². The highest BCUT2D eigenvalue weighted by Crippen LogP contribution is 2.13. The molecule has 1 heterocycles.